The Hall–Kier alpha value is -2.30. The maximum Gasteiger partial charge on any atom is 0.230 e. The molecule has 5 rings (SSSR count). The standard InChI is InChI=1S/C20H28N8OS/c1-13-22-17-18(23-14-3-5-16(6-4-14)28-7-9-29-10-8-28)25-20(26-19(17)30-13)24-15-11-21-27(2)12-15/h11-12,14,16H,3-10H2,1-2H3,(H2,23,24,25,26)/t14-,16-/i1D3. The summed E-state index contributed by atoms with van der Waals surface area (Å²) in [5, 5.41) is 10.9. The van der Waals surface area contributed by atoms with Crippen LogP contribution in [0.4, 0.5) is 17.5 Å². The first-order chi connectivity index (χ1) is 15.8. The fourth-order valence-corrected chi connectivity index (χ4v) is 5.01. The molecule has 4 heterocycles. The molecule has 2 N–H and O–H groups in total. The van der Waals surface area contributed by atoms with Gasteiger partial charge in [0.25, 0.3) is 0 Å². The third-order valence-electron chi connectivity index (χ3n) is 5.82. The zero-order valence-electron chi connectivity index (χ0n) is 20.0. The number of thiazole rings is 1. The second-order valence-electron chi connectivity index (χ2n) is 7.89. The van der Waals surface area contributed by atoms with E-state index in [0.29, 0.717) is 28.2 Å². The third kappa shape index (κ3) is 4.26. The summed E-state index contributed by atoms with van der Waals surface area (Å²) in [6, 6.07) is 0.853. The van der Waals surface area contributed by atoms with Crippen LogP contribution in [0.5, 0.6) is 0 Å². The van der Waals surface area contributed by atoms with Gasteiger partial charge in [0.2, 0.25) is 5.95 Å². The monoisotopic (exact) mass is 431 g/mol. The van der Waals surface area contributed by atoms with Gasteiger partial charge in [-0.15, -0.1) is 0 Å². The number of nitrogens with one attached hydrogen (secondary N) is 2. The molecule has 0 amide bonds. The average molecular weight is 432 g/mol. The molecule has 10 heteroatoms. The summed E-state index contributed by atoms with van der Waals surface area (Å²) >= 11 is 1.09. The lowest BCUT2D eigenvalue weighted by atomic mass is 9.90. The van der Waals surface area contributed by atoms with E-state index >= 15 is 0 Å². The molecule has 1 saturated carbocycles. The molecule has 0 atom stereocenters. The molecule has 3 aromatic rings. The van der Waals surface area contributed by atoms with Gasteiger partial charge in [-0.1, -0.05) is 11.3 Å². The van der Waals surface area contributed by atoms with E-state index in [1.54, 1.807) is 10.9 Å². The van der Waals surface area contributed by atoms with Crippen molar-refractivity contribution in [2.75, 3.05) is 36.9 Å². The fourth-order valence-electron chi connectivity index (χ4n) is 4.31. The van der Waals surface area contributed by atoms with Gasteiger partial charge in [-0.2, -0.15) is 15.1 Å². The van der Waals surface area contributed by atoms with Crippen LogP contribution in [0.3, 0.4) is 0 Å². The van der Waals surface area contributed by atoms with Crippen LogP contribution in [-0.2, 0) is 11.8 Å². The van der Waals surface area contributed by atoms with Crippen molar-refractivity contribution in [2.24, 2.45) is 7.05 Å². The van der Waals surface area contributed by atoms with E-state index < -0.39 is 6.85 Å². The summed E-state index contributed by atoms with van der Waals surface area (Å²) in [7, 11) is 1.83. The summed E-state index contributed by atoms with van der Waals surface area (Å²) in [4.78, 5) is 16.7. The first-order valence-electron chi connectivity index (χ1n) is 11.9. The fraction of sp³-hybridized carbons (Fsp3) is 0.600. The Balaban J connectivity index is 1.36. The van der Waals surface area contributed by atoms with Gasteiger partial charge in [0, 0.05) is 42.5 Å². The molecule has 30 heavy (non-hydrogen) atoms. The Morgan fingerprint density at radius 3 is 2.73 bits per heavy atom. The topological polar surface area (TPSA) is 93.0 Å². The number of hydrogen-bond acceptors (Lipinski definition) is 9. The van der Waals surface area contributed by atoms with Crippen molar-refractivity contribution in [1.82, 2.24) is 29.6 Å². The van der Waals surface area contributed by atoms with Crippen molar-refractivity contribution in [2.45, 2.75) is 44.6 Å². The van der Waals surface area contributed by atoms with Crippen LogP contribution >= 0.6 is 11.3 Å². The molecule has 160 valence electrons. The van der Waals surface area contributed by atoms with E-state index in [0.717, 1.165) is 69.0 Å². The summed E-state index contributed by atoms with van der Waals surface area (Å²) in [5.74, 6) is 0.966. The van der Waals surface area contributed by atoms with Crippen LogP contribution in [-0.4, -0.2) is 68.0 Å². The van der Waals surface area contributed by atoms with Crippen LogP contribution in [0, 0.1) is 6.85 Å². The molecule has 1 aliphatic carbocycles. The molecule has 0 unspecified atom stereocenters. The second-order valence-corrected chi connectivity index (χ2v) is 8.87. The van der Waals surface area contributed by atoms with Crippen LogP contribution in [0.1, 0.15) is 34.8 Å². The van der Waals surface area contributed by atoms with Crippen molar-refractivity contribution < 1.29 is 8.85 Å². The van der Waals surface area contributed by atoms with E-state index in [4.69, 9.17) is 8.85 Å². The van der Waals surface area contributed by atoms with Gasteiger partial charge in [-0.25, -0.2) is 4.98 Å². The van der Waals surface area contributed by atoms with Gasteiger partial charge in [0.1, 0.15) is 5.52 Å². The highest BCUT2D eigenvalue weighted by Gasteiger charge is 2.27. The van der Waals surface area contributed by atoms with E-state index in [9.17, 15) is 0 Å². The maximum absolute atomic E-state index is 7.76. The number of ether oxygens (including phenoxy) is 1. The van der Waals surface area contributed by atoms with Crippen LogP contribution in [0.15, 0.2) is 12.4 Å². The minimum atomic E-state index is -2.28. The number of fused-ring (bicyclic) bond motifs is 1. The normalized spacial score (nSPS) is 24.9. The second kappa shape index (κ2) is 8.44. The van der Waals surface area contributed by atoms with Gasteiger partial charge < -0.3 is 15.4 Å². The minimum Gasteiger partial charge on any atom is -0.379 e. The molecule has 2 aliphatic rings. The molecule has 9 nitrogen and oxygen atoms in total. The smallest absolute Gasteiger partial charge is 0.230 e. The Morgan fingerprint density at radius 2 is 2.00 bits per heavy atom. The molecule has 1 saturated heterocycles. The molecule has 3 aromatic heterocycles. The highest BCUT2D eigenvalue weighted by atomic mass is 32.1. The van der Waals surface area contributed by atoms with Crippen LogP contribution in [0.25, 0.3) is 10.3 Å². The van der Waals surface area contributed by atoms with Crippen LogP contribution in [0.2, 0.25) is 0 Å². The number of aromatic nitrogens is 5. The van der Waals surface area contributed by atoms with Crippen molar-refractivity contribution in [3.05, 3.63) is 17.4 Å². The van der Waals surface area contributed by atoms with Gasteiger partial charge in [-0.05, 0) is 32.5 Å². The number of morpholine rings is 1. The Kier molecular flexibility index (Phi) is 4.62. The van der Waals surface area contributed by atoms with Gasteiger partial charge in [0.05, 0.1) is 30.1 Å². The first kappa shape index (κ1) is 16.4. The first-order valence-corrected chi connectivity index (χ1v) is 11.2. The maximum atomic E-state index is 7.76. The number of aryl methyl sites for hydroxylation is 2. The molecule has 0 aromatic carbocycles. The Morgan fingerprint density at radius 1 is 1.17 bits per heavy atom. The molecule has 2 fully saturated rings. The van der Waals surface area contributed by atoms with E-state index in [2.05, 4.69) is 35.6 Å². The molecule has 0 radical (unpaired) electrons. The Labute approximate surface area is 184 Å². The summed E-state index contributed by atoms with van der Waals surface area (Å²) in [6.45, 7) is 1.37. The number of rotatable bonds is 5. The predicted octanol–water partition coefficient (Wildman–Crippen LogP) is 2.93. The van der Waals surface area contributed by atoms with Gasteiger partial charge in [0.15, 0.2) is 10.6 Å². The lowest BCUT2D eigenvalue weighted by Crippen LogP contribution is -2.46. The highest BCUT2D eigenvalue weighted by Crippen LogP contribution is 2.31. The minimum absolute atomic E-state index is 0.0735. The largest absolute Gasteiger partial charge is 0.379 e. The lowest BCUT2D eigenvalue weighted by molar-refractivity contribution is 0.00791. The van der Waals surface area contributed by atoms with Crippen molar-refractivity contribution in [3.8, 4) is 0 Å². The summed E-state index contributed by atoms with van der Waals surface area (Å²) < 4.78 is 30.4. The SMILES string of the molecule is [2H]C([2H])([2H])c1nc2c(N[C@H]3CC[C@H](N4CCOCC4)CC3)nc(Nc3cnn(C)c3)nc2s1. The van der Waals surface area contributed by atoms with Crippen molar-refractivity contribution in [1.29, 1.82) is 0 Å². The van der Waals surface area contributed by atoms with Gasteiger partial charge in [-0.3, -0.25) is 9.58 Å². The molecule has 1 aliphatic heterocycles. The molecular formula is C20H28N8OS. The lowest BCUT2D eigenvalue weighted by Gasteiger charge is -2.39. The molecule has 0 spiro atoms. The molecule has 0 bridgehead atoms. The zero-order chi connectivity index (χ0) is 23.0. The highest BCUT2D eigenvalue weighted by molar-refractivity contribution is 7.18. The summed E-state index contributed by atoms with van der Waals surface area (Å²) in [5.41, 5.74) is 1.27. The van der Waals surface area contributed by atoms with Crippen molar-refractivity contribution >= 4 is 39.1 Å². The van der Waals surface area contributed by atoms with E-state index in [1.165, 1.54) is 0 Å². The van der Waals surface area contributed by atoms with E-state index in [1.807, 2.05) is 13.2 Å². The number of hydrogen-bond donors (Lipinski definition) is 2. The average Bonchev–Trinajstić information content (AvgIpc) is 3.41. The Bertz CT molecular complexity index is 1100. The van der Waals surface area contributed by atoms with Crippen molar-refractivity contribution in [3.63, 3.8) is 0 Å². The number of anilines is 3. The quantitative estimate of drug-likeness (QED) is 0.637. The van der Waals surface area contributed by atoms with Crippen LogP contribution < -0.4 is 10.6 Å². The van der Waals surface area contributed by atoms with E-state index in [-0.39, 0.29) is 11.0 Å². The third-order valence-corrected chi connectivity index (χ3v) is 6.58. The molecular weight excluding hydrogens is 400 g/mol. The predicted molar refractivity (Wildman–Crippen MR) is 118 cm³/mol. The number of nitrogens with zero attached hydrogens (tertiary/aromatic N) is 6. The summed E-state index contributed by atoms with van der Waals surface area (Å²) in [6.07, 6.45) is 7.79. The zero-order valence-corrected chi connectivity index (χ0v) is 17.8. The van der Waals surface area contributed by atoms with Gasteiger partial charge >= 0.3 is 0 Å².